The number of benzene rings is 2. The number of hydrogen-bond donors (Lipinski definition) is 1. The molecule has 0 aliphatic rings. The largest absolute Gasteiger partial charge is 0.490 e. The summed E-state index contributed by atoms with van der Waals surface area (Å²) < 4.78 is 10.3. The monoisotopic (exact) mass is 330 g/mol. The summed E-state index contributed by atoms with van der Waals surface area (Å²) in [6.45, 7) is 0.339. The predicted octanol–water partition coefficient (Wildman–Crippen LogP) is 2.34. The number of rotatable bonds is 8. The Morgan fingerprint density at radius 2 is 1.96 bits per heavy atom. The zero-order chi connectivity index (χ0) is 17.4. The zero-order valence-electron chi connectivity index (χ0n) is 13.2. The molecule has 2 aromatic rings. The molecule has 0 bridgehead atoms. The maximum absolute atomic E-state index is 11.8. The normalized spacial score (nSPS) is 10.0. The number of hydrogen-bond acceptors (Lipinski definition) is 5. The molecule has 24 heavy (non-hydrogen) atoms. The minimum atomic E-state index is -0.543. The van der Waals surface area contributed by atoms with Crippen molar-refractivity contribution in [3.63, 3.8) is 0 Å². The van der Waals surface area contributed by atoms with Crippen LogP contribution in [0, 0.1) is 10.1 Å². The van der Waals surface area contributed by atoms with Crippen LogP contribution in [0.2, 0.25) is 0 Å². The molecule has 0 unspecified atom stereocenters. The van der Waals surface area contributed by atoms with Crippen molar-refractivity contribution in [3.8, 4) is 11.5 Å². The highest BCUT2D eigenvalue weighted by atomic mass is 16.6. The molecule has 0 saturated heterocycles. The Hall–Kier alpha value is -3.09. The number of nitro benzene ring substituents is 1. The Morgan fingerprint density at radius 1 is 1.21 bits per heavy atom. The predicted molar refractivity (Wildman–Crippen MR) is 88.3 cm³/mol. The molecule has 0 atom stereocenters. The number of amides is 1. The van der Waals surface area contributed by atoms with Crippen molar-refractivity contribution >= 4 is 11.6 Å². The lowest BCUT2D eigenvalue weighted by atomic mass is 10.1. The smallest absolute Gasteiger partial charge is 0.311 e. The Labute approximate surface area is 139 Å². The lowest BCUT2D eigenvalue weighted by Crippen LogP contribution is -2.30. The summed E-state index contributed by atoms with van der Waals surface area (Å²) in [6.07, 6.45) is 0.734. The number of ether oxygens (including phenoxy) is 2. The van der Waals surface area contributed by atoms with Crippen molar-refractivity contribution in [3.05, 3.63) is 64.2 Å². The first-order valence-electron chi connectivity index (χ1n) is 7.36. The molecule has 0 aliphatic heterocycles. The fourth-order valence-corrected chi connectivity index (χ4v) is 2.09. The summed E-state index contributed by atoms with van der Waals surface area (Å²) in [5.74, 6) is 0.154. The van der Waals surface area contributed by atoms with Gasteiger partial charge in [0.2, 0.25) is 5.75 Å². The van der Waals surface area contributed by atoms with E-state index in [2.05, 4.69) is 5.32 Å². The van der Waals surface area contributed by atoms with Gasteiger partial charge in [0.1, 0.15) is 5.75 Å². The molecule has 0 aromatic heterocycles. The summed E-state index contributed by atoms with van der Waals surface area (Å²) in [5.41, 5.74) is 0.982. The molecule has 0 heterocycles. The van der Waals surface area contributed by atoms with E-state index in [1.807, 2.05) is 30.3 Å². The third-order valence-electron chi connectivity index (χ3n) is 3.30. The van der Waals surface area contributed by atoms with Crippen LogP contribution in [0.15, 0.2) is 48.5 Å². The zero-order valence-corrected chi connectivity index (χ0v) is 13.2. The van der Waals surface area contributed by atoms with Crippen molar-refractivity contribution in [2.45, 2.75) is 6.42 Å². The minimum absolute atomic E-state index is 0.0852. The van der Waals surface area contributed by atoms with Crippen LogP contribution >= 0.6 is 0 Å². The molecular weight excluding hydrogens is 312 g/mol. The van der Waals surface area contributed by atoms with Gasteiger partial charge >= 0.3 is 5.69 Å². The van der Waals surface area contributed by atoms with E-state index in [0.717, 1.165) is 12.0 Å². The van der Waals surface area contributed by atoms with Crippen molar-refractivity contribution in [1.82, 2.24) is 5.32 Å². The van der Waals surface area contributed by atoms with Crippen molar-refractivity contribution in [2.75, 3.05) is 20.3 Å². The molecule has 126 valence electrons. The van der Waals surface area contributed by atoms with E-state index in [1.54, 1.807) is 0 Å². The number of methoxy groups -OCH3 is 1. The van der Waals surface area contributed by atoms with E-state index in [0.29, 0.717) is 12.3 Å². The first kappa shape index (κ1) is 17.3. The molecular formula is C17H18N2O5. The highest BCUT2D eigenvalue weighted by Gasteiger charge is 2.15. The average molecular weight is 330 g/mol. The van der Waals surface area contributed by atoms with Gasteiger partial charge in [-0.25, -0.2) is 0 Å². The second-order valence-electron chi connectivity index (χ2n) is 4.96. The molecule has 1 amide bonds. The number of nitrogens with zero attached hydrogens (tertiary/aromatic N) is 1. The third kappa shape index (κ3) is 4.98. The number of carbonyl (C=O) groups excluding carboxylic acids is 1. The Kier molecular flexibility index (Phi) is 6.13. The van der Waals surface area contributed by atoms with E-state index >= 15 is 0 Å². The molecule has 0 spiro atoms. The van der Waals surface area contributed by atoms with Crippen molar-refractivity contribution < 1.29 is 19.2 Å². The second-order valence-corrected chi connectivity index (χ2v) is 4.96. The van der Waals surface area contributed by atoms with Gasteiger partial charge < -0.3 is 14.8 Å². The van der Waals surface area contributed by atoms with E-state index in [4.69, 9.17) is 9.47 Å². The van der Waals surface area contributed by atoms with E-state index in [9.17, 15) is 14.9 Å². The maximum atomic E-state index is 11.8. The molecule has 0 fully saturated rings. The SMILES string of the molecule is COc1cc(OCC(=O)NCCc2ccccc2)ccc1[N+](=O)[O-]. The van der Waals surface area contributed by atoms with Gasteiger partial charge in [-0.05, 0) is 18.1 Å². The van der Waals surface area contributed by atoms with Crippen LogP contribution in [-0.4, -0.2) is 31.1 Å². The van der Waals surface area contributed by atoms with Crippen LogP contribution in [0.3, 0.4) is 0 Å². The quantitative estimate of drug-likeness (QED) is 0.592. The Balaban J connectivity index is 1.80. The van der Waals surface area contributed by atoms with E-state index < -0.39 is 4.92 Å². The highest BCUT2D eigenvalue weighted by molar-refractivity contribution is 5.77. The van der Waals surface area contributed by atoms with Gasteiger partial charge in [-0.3, -0.25) is 14.9 Å². The van der Waals surface area contributed by atoms with Gasteiger partial charge in [-0.2, -0.15) is 0 Å². The molecule has 1 N–H and O–H groups in total. The average Bonchev–Trinajstić information content (AvgIpc) is 2.60. The first-order valence-corrected chi connectivity index (χ1v) is 7.36. The van der Waals surface area contributed by atoms with Gasteiger partial charge in [-0.15, -0.1) is 0 Å². The number of nitrogens with one attached hydrogen (secondary N) is 1. The molecule has 0 radical (unpaired) electrons. The molecule has 0 aliphatic carbocycles. The van der Waals surface area contributed by atoms with Gasteiger partial charge in [0.25, 0.3) is 5.91 Å². The van der Waals surface area contributed by atoms with Crippen LogP contribution in [0.4, 0.5) is 5.69 Å². The first-order chi connectivity index (χ1) is 11.6. The topological polar surface area (TPSA) is 90.7 Å². The lowest BCUT2D eigenvalue weighted by Gasteiger charge is -2.09. The Bertz CT molecular complexity index is 703. The van der Waals surface area contributed by atoms with Gasteiger partial charge in [0.15, 0.2) is 6.61 Å². The van der Waals surface area contributed by atoms with Crippen LogP contribution in [0.25, 0.3) is 0 Å². The standard InChI is InChI=1S/C17H18N2O5/c1-23-16-11-14(7-8-15(16)19(21)22)24-12-17(20)18-10-9-13-5-3-2-4-6-13/h2-8,11H,9-10,12H2,1H3,(H,18,20). The van der Waals surface area contributed by atoms with E-state index in [-0.39, 0.29) is 24.0 Å². The second kappa shape index (κ2) is 8.52. The number of carbonyl (C=O) groups is 1. The molecule has 0 saturated carbocycles. The van der Waals surface area contributed by atoms with Gasteiger partial charge in [-0.1, -0.05) is 30.3 Å². The number of nitro groups is 1. The van der Waals surface area contributed by atoms with Crippen LogP contribution in [0.5, 0.6) is 11.5 Å². The lowest BCUT2D eigenvalue weighted by molar-refractivity contribution is -0.385. The Morgan fingerprint density at radius 3 is 2.62 bits per heavy atom. The van der Waals surface area contributed by atoms with Crippen LogP contribution < -0.4 is 14.8 Å². The maximum Gasteiger partial charge on any atom is 0.311 e. The molecule has 2 aromatic carbocycles. The summed E-state index contributed by atoms with van der Waals surface area (Å²) in [5, 5.41) is 13.6. The van der Waals surface area contributed by atoms with Crippen LogP contribution in [-0.2, 0) is 11.2 Å². The molecule has 7 nitrogen and oxygen atoms in total. The molecule has 7 heteroatoms. The van der Waals surface area contributed by atoms with Crippen LogP contribution in [0.1, 0.15) is 5.56 Å². The fraction of sp³-hybridized carbons (Fsp3) is 0.235. The summed E-state index contributed by atoms with van der Waals surface area (Å²) in [6, 6.07) is 13.9. The fourth-order valence-electron chi connectivity index (χ4n) is 2.09. The van der Waals surface area contributed by atoms with E-state index in [1.165, 1.54) is 25.3 Å². The minimum Gasteiger partial charge on any atom is -0.490 e. The third-order valence-corrected chi connectivity index (χ3v) is 3.30. The van der Waals surface area contributed by atoms with Crippen molar-refractivity contribution in [2.24, 2.45) is 0 Å². The molecule has 2 rings (SSSR count). The summed E-state index contributed by atoms with van der Waals surface area (Å²) in [7, 11) is 1.34. The summed E-state index contributed by atoms with van der Waals surface area (Å²) in [4.78, 5) is 22.0. The van der Waals surface area contributed by atoms with Gasteiger partial charge in [0.05, 0.1) is 12.0 Å². The van der Waals surface area contributed by atoms with Gasteiger partial charge in [0, 0.05) is 18.7 Å². The van der Waals surface area contributed by atoms with Crippen molar-refractivity contribution in [1.29, 1.82) is 0 Å². The summed E-state index contributed by atoms with van der Waals surface area (Å²) >= 11 is 0. The highest BCUT2D eigenvalue weighted by Crippen LogP contribution is 2.30.